The average Bonchev–Trinajstić information content (AvgIpc) is 2.60. The second kappa shape index (κ2) is 6.60. The largest absolute Gasteiger partial charge is 0.496 e. The highest BCUT2D eigenvalue weighted by atomic mass is 16.5. The van der Waals surface area contributed by atoms with Crippen LogP contribution in [-0.2, 0) is 0 Å². The molecule has 0 radical (unpaired) electrons. The molecule has 0 aliphatic carbocycles. The number of Topliss-reactive ketones (excluding diaryl/α,β-unsaturated/α-hetero) is 1. The summed E-state index contributed by atoms with van der Waals surface area (Å²) in [6.45, 7) is 1.29. The summed E-state index contributed by atoms with van der Waals surface area (Å²) in [5.41, 5.74) is -0.252. The lowest BCUT2D eigenvalue weighted by Crippen LogP contribution is -2.12. The van der Waals surface area contributed by atoms with Crippen LogP contribution in [0.3, 0.4) is 0 Å². The summed E-state index contributed by atoms with van der Waals surface area (Å²) in [5, 5.41) is 0.557. The Kier molecular flexibility index (Phi) is 4.35. The van der Waals surface area contributed by atoms with Crippen LogP contribution >= 0.6 is 0 Å². The number of fused-ring (bicyclic) bond motifs is 1. The van der Waals surface area contributed by atoms with Gasteiger partial charge in [-0.3, -0.25) is 4.79 Å². The van der Waals surface area contributed by atoms with Gasteiger partial charge in [0.1, 0.15) is 28.2 Å². The van der Waals surface area contributed by atoms with Gasteiger partial charge in [-0.1, -0.05) is 12.1 Å². The number of carbonyl (C=O) groups is 2. The number of ketones is 1. The Balaban J connectivity index is 1.94. The molecule has 0 saturated carbocycles. The maximum absolute atomic E-state index is 12.3. The Bertz CT molecular complexity index is 1030. The predicted octanol–water partition coefficient (Wildman–Crippen LogP) is 3.22. The summed E-state index contributed by atoms with van der Waals surface area (Å²) in [5.74, 6) is -0.366. The molecule has 0 saturated heterocycles. The summed E-state index contributed by atoms with van der Waals surface area (Å²) < 4.78 is 15.6. The Morgan fingerprint density at radius 3 is 2.48 bits per heavy atom. The summed E-state index contributed by atoms with van der Waals surface area (Å²) in [4.78, 5) is 35.5. The van der Waals surface area contributed by atoms with Crippen LogP contribution in [0, 0.1) is 0 Å². The summed E-state index contributed by atoms with van der Waals surface area (Å²) in [6, 6.07) is 12.7. The first kappa shape index (κ1) is 16.4. The van der Waals surface area contributed by atoms with Crippen molar-refractivity contribution in [3.05, 3.63) is 70.1 Å². The highest BCUT2D eigenvalue weighted by Crippen LogP contribution is 2.24. The number of esters is 1. The van der Waals surface area contributed by atoms with Gasteiger partial charge in [0, 0.05) is 11.5 Å². The van der Waals surface area contributed by atoms with E-state index in [0.717, 1.165) is 0 Å². The van der Waals surface area contributed by atoms with E-state index in [0.29, 0.717) is 11.1 Å². The molecule has 3 aromatic rings. The molecule has 25 heavy (non-hydrogen) atoms. The van der Waals surface area contributed by atoms with Gasteiger partial charge in [0.2, 0.25) is 0 Å². The number of benzene rings is 2. The van der Waals surface area contributed by atoms with Gasteiger partial charge in [0.25, 0.3) is 0 Å². The minimum atomic E-state index is -0.729. The monoisotopic (exact) mass is 338 g/mol. The van der Waals surface area contributed by atoms with Crippen molar-refractivity contribution in [2.24, 2.45) is 0 Å². The Morgan fingerprint density at radius 1 is 1.00 bits per heavy atom. The number of hydrogen-bond acceptors (Lipinski definition) is 6. The average molecular weight is 338 g/mol. The van der Waals surface area contributed by atoms with Crippen LogP contribution in [0.2, 0.25) is 0 Å². The molecular formula is C19H14O6. The molecule has 126 valence electrons. The number of rotatable bonds is 4. The van der Waals surface area contributed by atoms with Crippen LogP contribution in [0.25, 0.3) is 11.0 Å². The van der Waals surface area contributed by atoms with Crippen molar-refractivity contribution in [2.45, 2.75) is 6.92 Å². The minimum Gasteiger partial charge on any atom is -0.496 e. The van der Waals surface area contributed by atoms with Gasteiger partial charge < -0.3 is 13.9 Å². The zero-order valence-corrected chi connectivity index (χ0v) is 13.6. The van der Waals surface area contributed by atoms with Crippen molar-refractivity contribution in [2.75, 3.05) is 7.11 Å². The third-order valence-corrected chi connectivity index (χ3v) is 3.62. The van der Waals surface area contributed by atoms with Gasteiger partial charge >= 0.3 is 11.6 Å². The molecular weight excluding hydrogens is 324 g/mol. The van der Waals surface area contributed by atoms with E-state index in [2.05, 4.69) is 0 Å². The molecule has 0 unspecified atom stereocenters. The lowest BCUT2D eigenvalue weighted by molar-refractivity contribution is 0.0731. The van der Waals surface area contributed by atoms with E-state index in [1.165, 1.54) is 26.2 Å². The Labute approximate surface area is 142 Å². The van der Waals surface area contributed by atoms with Crippen molar-refractivity contribution in [3.8, 4) is 11.5 Å². The quantitative estimate of drug-likeness (QED) is 0.314. The third kappa shape index (κ3) is 3.28. The lowest BCUT2D eigenvalue weighted by atomic mass is 10.1. The van der Waals surface area contributed by atoms with E-state index in [-0.39, 0.29) is 28.2 Å². The van der Waals surface area contributed by atoms with E-state index in [4.69, 9.17) is 13.9 Å². The van der Waals surface area contributed by atoms with Gasteiger partial charge in [0.15, 0.2) is 5.78 Å². The third-order valence-electron chi connectivity index (χ3n) is 3.62. The van der Waals surface area contributed by atoms with Crippen molar-refractivity contribution >= 4 is 22.7 Å². The van der Waals surface area contributed by atoms with Crippen LogP contribution in [0.4, 0.5) is 0 Å². The van der Waals surface area contributed by atoms with E-state index in [1.807, 2.05) is 0 Å². The fraction of sp³-hybridized carbons (Fsp3) is 0.105. The van der Waals surface area contributed by atoms with Gasteiger partial charge in [-0.05, 0) is 37.3 Å². The Hall–Kier alpha value is -3.41. The molecule has 6 nitrogen and oxygen atoms in total. The number of para-hydroxylation sites is 1. The second-order valence-electron chi connectivity index (χ2n) is 5.29. The van der Waals surface area contributed by atoms with E-state index >= 15 is 0 Å². The van der Waals surface area contributed by atoms with E-state index in [1.54, 1.807) is 36.4 Å². The van der Waals surface area contributed by atoms with Gasteiger partial charge in [-0.15, -0.1) is 0 Å². The number of hydrogen-bond donors (Lipinski definition) is 0. The van der Waals surface area contributed by atoms with Crippen LogP contribution in [0.5, 0.6) is 11.5 Å². The Morgan fingerprint density at radius 2 is 1.76 bits per heavy atom. The molecule has 0 spiro atoms. The molecule has 3 rings (SSSR count). The molecule has 1 heterocycles. The van der Waals surface area contributed by atoms with Crippen molar-refractivity contribution in [1.29, 1.82) is 0 Å². The number of methoxy groups -OCH3 is 1. The summed E-state index contributed by atoms with van der Waals surface area (Å²) >= 11 is 0. The SMILES string of the molecule is COc1ccccc1C(=O)Oc1ccc2cc(C(C)=O)c(=O)oc2c1. The first-order valence-electron chi connectivity index (χ1n) is 7.43. The highest BCUT2D eigenvalue weighted by Gasteiger charge is 2.15. The van der Waals surface area contributed by atoms with E-state index in [9.17, 15) is 14.4 Å². The van der Waals surface area contributed by atoms with Crippen molar-refractivity contribution in [3.63, 3.8) is 0 Å². The number of ether oxygens (including phenoxy) is 2. The lowest BCUT2D eigenvalue weighted by Gasteiger charge is -2.08. The molecule has 1 aromatic heterocycles. The molecule has 0 bridgehead atoms. The number of carbonyl (C=O) groups excluding carboxylic acids is 2. The van der Waals surface area contributed by atoms with Crippen molar-refractivity contribution in [1.82, 2.24) is 0 Å². The molecule has 2 aromatic carbocycles. The first-order valence-corrected chi connectivity index (χ1v) is 7.43. The van der Waals surface area contributed by atoms with Gasteiger partial charge in [-0.2, -0.15) is 0 Å². The fourth-order valence-corrected chi connectivity index (χ4v) is 2.38. The van der Waals surface area contributed by atoms with E-state index < -0.39 is 11.6 Å². The molecule has 0 amide bonds. The maximum atomic E-state index is 12.3. The topological polar surface area (TPSA) is 82.8 Å². The predicted molar refractivity (Wildman–Crippen MR) is 90.4 cm³/mol. The highest BCUT2D eigenvalue weighted by molar-refractivity contribution is 5.97. The summed E-state index contributed by atoms with van der Waals surface area (Å²) in [7, 11) is 1.46. The molecule has 0 N–H and O–H groups in total. The fourth-order valence-electron chi connectivity index (χ4n) is 2.38. The standard InChI is InChI=1S/C19H14O6/c1-11(20)15-9-12-7-8-13(10-17(12)25-19(15)22)24-18(21)14-5-3-4-6-16(14)23-2/h3-10H,1-2H3. The van der Waals surface area contributed by atoms with Crippen LogP contribution in [-0.4, -0.2) is 18.9 Å². The van der Waals surface area contributed by atoms with Gasteiger partial charge in [0.05, 0.1) is 7.11 Å². The maximum Gasteiger partial charge on any atom is 0.347 e. The van der Waals surface area contributed by atoms with Crippen LogP contribution in [0.15, 0.2) is 57.7 Å². The normalized spacial score (nSPS) is 10.5. The van der Waals surface area contributed by atoms with Gasteiger partial charge in [-0.25, -0.2) is 9.59 Å². The van der Waals surface area contributed by atoms with Crippen LogP contribution in [0.1, 0.15) is 27.6 Å². The minimum absolute atomic E-state index is 0.0220. The van der Waals surface area contributed by atoms with Crippen molar-refractivity contribution < 1.29 is 23.5 Å². The molecule has 0 aliphatic rings. The smallest absolute Gasteiger partial charge is 0.347 e. The zero-order chi connectivity index (χ0) is 18.0. The van der Waals surface area contributed by atoms with Crippen LogP contribution < -0.4 is 15.1 Å². The zero-order valence-electron chi connectivity index (χ0n) is 13.6. The summed E-state index contributed by atoms with van der Waals surface area (Å²) in [6.07, 6.45) is 0. The molecule has 0 aliphatic heterocycles. The molecule has 6 heteroatoms. The molecule has 0 fully saturated rings. The molecule has 0 atom stereocenters. The second-order valence-corrected chi connectivity index (χ2v) is 5.29. The first-order chi connectivity index (χ1) is 12.0.